The van der Waals surface area contributed by atoms with Crippen LogP contribution in [-0.4, -0.2) is 45.9 Å². The number of hydrogen-bond donors (Lipinski definition) is 0. The molecule has 5 nitrogen and oxygen atoms in total. The molecule has 116 valence electrons. The van der Waals surface area contributed by atoms with Crippen molar-refractivity contribution >= 4 is 17.5 Å². The van der Waals surface area contributed by atoms with Gasteiger partial charge in [-0.25, -0.2) is 0 Å². The normalized spacial score (nSPS) is 25.8. The molecule has 6 heteroatoms. The van der Waals surface area contributed by atoms with Gasteiger partial charge in [-0.2, -0.15) is 5.10 Å². The Labute approximate surface area is 130 Å². The third-order valence-corrected chi connectivity index (χ3v) is 5.18. The van der Waals surface area contributed by atoms with Crippen LogP contribution in [-0.2, 0) is 16.1 Å². The van der Waals surface area contributed by atoms with Crippen LogP contribution in [0.3, 0.4) is 0 Å². The standard InChI is InChI=1S/C15H22ClN3O2/c1-10-15(16)11(2)19(17-10)9-14(20)18-7-8-21-13-6-4-3-5-12(13)18/h12-13H,3-9H2,1-2H3/t12-,13-/m1/s1. The maximum absolute atomic E-state index is 12.7. The second-order valence-corrected chi connectivity index (χ2v) is 6.37. The number of amides is 1. The highest BCUT2D eigenvalue weighted by molar-refractivity contribution is 6.31. The summed E-state index contributed by atoms with van der Waals surface area (Å²) in [5, 5.41) is 5.01. The summed E-state index contributed by atoms with van der Waals surface area (Å²) in [6.07, 6.45) is 4.73. The molecule has 1 aromatic rings. The molecule has 2 heterocycles. The molecule has 0 unspecified atom stereocenters. The quantitative estimate of drug-likeness (QED) is 0.842. The fourth-order valence-electron chi connectivity index (χ4n) is 3.45. The minimum Gasteiger partial charge on any atom is -0.374 e. The van der Waals surface area contributed by atoms with E-state index in [9.17, 15) is 4.79 Å². The van der Waals surface area contributed by atoms with Crippen molar-refractivity contribution in [3.63, 3.8) is 0 Å². The van der Waals surface area contributed by atoms with Crippen LogP contribution in [0.2, 0.25) is 5.02 Å². The van der Waals surface area contributed by atoms with E-state index in [1.165, 1.54) is 12.8 Å². The van der Waals surface area contributed by atoms with Crippen LogP contribution in [0.15, 0.2) is 0 Å². The highest BCUT2D eigenvalue weighted by atomic mass is 35.5. The van der Waals surface area contributed by atoms with Crippen LogP contribution in [0.25, 0.3) is 0 Å². The Morgan fingerprint density at radius 2 is 2.14 bits per heavy atom. The number of ether oxygens (including phenoxy) is 1. The number of carbonyl (C=O) groups is 1. The van der Waals surface area contributed by atoms with Crippen molar-refractivity contribution in [2.24, 2.45) is 0 Å². The van der Waals surface area contributed by atoms with Gasteiger partial charge in [0.25, 0.3) is 0 Å². The molecular formula is C15H22ClN3O2. The van der Waals surface area contributed by atoms with Crippen molar-refractivity contribution in [3.8, 4) is 0 Å². The van der Waals surface area contributed by atoms with E-state index in [1.807, 2.05) is 18.7 Å². The smallest absolute Gasteiger partial charge is 0.244 e. The number of rotatable bonds is 2. The summed E-state index contributed by atoms with van der Waals surface area (Å²) >= 11 is 6.15. The third-order valence-electron chi connectivity index (χ3n) is 4.63. The largest absolute Gasteiger partial charge is 0.374 e. The number of nitrogens with zero attached hydrogens (tertiary/aromatic N) is 3. The molecule has 1 aromatic heterocycles. The predicted molar refractivity (Wildman–Crippen MR) is 80.4 cm³/mol. The summed E-state index contributed by atoms with van der Waals surface area (Å²) in [4.78, 5) is 14.7. The fraction of sp³-hybridized carbons (Fsp3) is 0.733. The Hall–Kier alpha value is -1.07. The Kier molecular flexibility index (Phi) is 4.22. The van der Waals surface area contributed by atoms with Gasteiger partial charge < -0.3 is 9.64 Å². The number of halogens is 1. The summed E-state index contributed by atoms with van der Waals surface area (Å²) in [5.41, 5.74) is 1.63. The van der Waals surface area contributed by atoms with Crippen molar-refractivity contribution in [3.05, 3.63) is 16.4 Å². The lowest BCUT2D eigenvalue weighted by Gasteiger charge is -2.43. The van der Waals surface area contributed by atoms with E-state index in [0.717, 1.165) is 24.2 Å². The first-order valence-electron chi connectivity index (χ1n) is 7.68. The lowest BCUT2D eigenvalue weighted by Crippen LogP contribution is -2.55. The van der Waals surface area contributed by atoms with E-state index in [0.29, 0.717) is 18.2 Å². The Bertz CT molecular complexity index is 541. The van der Waals surface area contributed by atoms with E-state index < -0.39 is 0 Å². The SMILES string of the molecule is Cc1nn(CC(=O)N2CCO[C@@H]3CCCC[C@H]32)c(C)c1Cl. The average Bonchev–Trinajstić information content (AvgIpc) is 2.74. The molecular weight excluding hydrogens is 290 g/mol. The number of fused-ring (bicyclic) bond motifs is 1. The molecule has 1 saturated heterocycles. The maximum atomic E-state index is 12.7. The van der Waals surface area contributed by atoms with E-state index in [1.54, 1.807) is 4.68 Å². The molecule has 1 amide bonds. The molecule has 0 spiro atoms. The average molecular weight is 312 g/mol. The molecule has 2 aliphatic rings. The van der Waals surface area contributed by atoms with E-state index in [2.05, 4.69) is 5.10 Å². The van der Waals surface area contributed by atoms with Crippen LogP contribution < -0.4 is 0 Å². The molecule has 2 fully saturated rings. The lowest BCUT2D eigenvalue weighted by molar-refractivity contribution is -0.150. The second kappa shape index (κ2) is 5.97. The summed E-state index contributed by atoms with van der Waals surface area (Å²) in [5.74, 6) is 0.123. The van der Waals surface area contributed by atoms with Crippen LogP contribution in [0.4, 0.5) is 0 Å². The van der Waals surface area contributed by atoms with Crippen molar-refractivity contribution in [1.82, 2.24) is 14.7 Å². The van der Waals surface area contributed by atoms with Gasteiger partial charge in [0.1, 0.15) is 6.54 Å². The number of carbonyl (C=O) groups excluding carboxylic acids is 1. The summed E-state index contributed by atoms with van der Waals surface area (Å²) < 4.78 is 7.54. The number of morpholine rings is 1. The number of aromatic nitrogens is 2. The van der Waals surface area contributed by atoms with Crippen molar-refractivity contribution in [2.75, 3.05) is 13.2 Å². The zero-order chi connectivity index (χ0) is 15.0. The first-order valence-corrected chi connectivity index (χ1v) is 8.06. The zero-order valence-electron chi connectivity index (χ0n) is 12.6. The minimum atomic E-state index is 0.123. The topological polar surface area (TPSA) is 47.4 Å². The van der Waals surface area contributed by atoms with Gasteiger partial charge in [0.2, 0.25) is 5.91 Å². The van der Waals surface area contributed by atoms with E-state index in [4.69, 9.17) is 16.3 Å². The Morgan fingerprint density at radius 3 is 2.86 bits per heavy atom. The number of hydrogen-bond acceptors (Lipinski definition) is 3. The molecule has 2 atom stereocenters. The van der Waals surface area contributed by atoms with Crippen LogP contribution >= 0.6 is 11.6 Å². The summed E-state index contributed by atoms with van der Waals surface area (Å²) in [7, 11) is 0. The van der Waals surface area contributed by atoms with Crippen molar-refractivity contribution in [2.45, 2.75) is 58.2 Å². The van der Waals surface area contributed by atoms with Gasteiger partial charge in [0.05, 0.1) is 35.2 Å². The highest BCUT2D eigenvalue weighted by Crippen LogP contribution is 2.29. The van der Waals surface area contributed by atoms with Gasteiger partial charge in [0.15, 0.2) is 0 Å². The monoisotopic (exact) mass is 311 g/mol. The van der Waals surface area contributed by atoms with Gasteiger partial charge >= 0.3 is 0 Å². The maximum Gasteiger partial charge on any atom is 0.244 e. The summed E-state index contributed by atoms with van der Waals surface area (Å²) in [6.45, 7) is 5.36. The lowest BCUT2D eigenvalue weighted by atomic mass is 9.90. The molecule has 1 saturated carbocycles. The number of aryl methyl sites for hydroxylation is 1. The molecule has 3 rings (SSSR count). The highest BCUT2D eigenvalue weighted by Gasteiger charge is 2.36. The van der Waals surface area contributed by atoms with Gasteiger partial charge in [-0.1, -0.05) is 24.4 Å². The first kappa shape index (κ1) is 14.9. The molecule has 0 bridgehead atoms. The van der Waals surface area contributed by atoms with E-state index >= 15 is 0 Å². The first-order chi connectivity index (χ1) is 10.1. The van der Waals surface area contributed by atoms with E-state index in [-0.39, 0.29) is 24.6 Å². The second-order valence-electron chi connectivity index (χ2n) is 5.99. The van der Waals surface area contributed by atoms with Crippen LogP contribution in [0, 0.1) is 13.8 Å². The predicted octanol–water partition coefficient (Wildman–Crippen LogP) is 2.32. The molecule has 21 heavy (non-hydrogen) atoms. The summed E-state index contributed by atoms with van der Waals surface area (Å²) in [6, 6.07) is 0.243. The Morgan fingerprint density at radius 1 is 1.38 bits per heavy atom. The Balaban J connectivity index is 1.73. The van der Waals surface area contributed by atoms with Gasteiger partial charge in [-0.15, -0.1) is 0 Å². The fourth-order valence-corrected chi connectivity index (χ4v) is 3.59. The minimum absolute atomic E-state index is 0.123. The van der Waals surface area contributed by atoms with Gasteiger partial charge in [-0.3, -0.25) is 9.48 Å². The molecule has 0 N–H and O–H groups in total. The van der Waals surface area contributed by atoms with Crippen molar-refractivity contribution < 1.29 is 9.53 Å². The van der Waals surface area contributed by atoms with Crippen LogP contribution in [0.5, 0.6) is 0 Å². The van der Waals surface area contributed by atoms with Crippen LogP contribution in [0.1, 0.15) is 37.1 Å². The molecule has 1 aliphatic heterocycles. The molecule has 0 aromatic carbocycles. The van der Waals surface area contributed by atoms with Gasteiger partial charge in [0, 0.05) is 6.54 Å². The molecule has 0 radical (unpaired) electrons. The molecule has 1 aliphatic carbocycles. The zero-order valence-corrected chi connectivity index (χ0v) is 13.4. The van der Waals surface area contributed by atoms with Gasteiger partial charge in [-0.05, 0) is 26.7 Å². The van der Waals surface area contributed by atoms with Crippen molar-refractivity contribution in [1.29, 1.82) is 0 Å². The third kappa shape index (κ3) is 2.81.